The van der Waals surface area contributed by atoms with Crippen molar-refractivity contribution >= 4 is 44.3 Å². The van der Waals surface area contributed by atoms with Gasteiger partial charge in [-0.2, -0.15) is 0 Å². The molecule has 0 radical (unpaired) electrons. The third-order valence-corrected chi connectivity index (χ3v) is 6.08. The molecule has 1 saturated heterocycles. The van der Waals surface area contributed by atoms with E-state index in [2.05, 4.69) is 4.72 Å². The van der Waals surface area contributed by atoms with Crippen LogP contribution in [0.2, 0.25) is 0 Å². The van der Waals surface area contributed by atoms with Crippen molar-refractivity contribution in [1.29, 1.82) is 0 Å². The minimum Gasteiger partial charge on any atom is -0.502 e. The lowest BCUT2D eigenvalue weighted by molar-refractivity contribution is -0.386. The average molecular weight is 423 g/mol. The Morgan fingerprint density at radius 1 is 1.18 bits per heavy atom. The van der Waals surface area contributed by atoms with E-state index in [1.807, 2.05) is 0 Å². The number of thioether (sulfide) groups is 1. The molecule has 1 aliphatic rings. The van der Waals surface area contributed by atoms with Gasteiger partial charge in [0, 0.05) is 11.8 Å². The fraction of sp³-hybridized carbons (Fsp3) is 0.125. The van der Waals surface area contributed by atoms with Gasteiger partial charge in [0.1, 0.15) is 0 Å². The molecule has 1 aliphatic heterocycles. The first-order chi connectivity index (χ1) is 13.2. The number of nitrogens with one attached hydrogen (secondary N) is 1. The smallest absolute Gasteiger partial charge is 0.312 e. The summed E-state index contributed by atoms with van der Waals surface area (Å²) in [4.78, 5) is 33.9. The lowest BCUT2D eigenvalue weighted by atomic mass is 10.2. The monoisotopic (exact) mass is 423 g/mol. The Bertz CT molecular complexity index is 1050. The third kappa shape index (κ3) is 4.07. The molecule has 3 rings (SSSR count). The largest absolute Gasteiger partial charge is 0.502 e. The SMILES string of the molecule is O=C1CSC(=O)N1Cc1ccc(NS(=O)(=O)c2ccc(O)c([N+](=O)[O-])c2)cc1. The van der Waals surface area contributed by atoms with Crippen molar-refractivity contribution in [2.24, 2.45) is 0 Å². The van der Waals surface area contributed by atoms with Crippen molar-refractivity contribution in [2.75, 3.05) is 10.5 Å². The average Bonchev–Trinajstić information content (AvgIpc) is 2.95. The van der Waals surface area contributed by atoms with E-state index < -0.39 is 26.4 Å². The van der Waals surface area contributed by atoms with Crippen LogP contribution in [0.3, 0.4) is 0 Å². The number of phenols is 1. The number of nitro benzene ring substituents is 1. The molecule has 0 saturated carbocycles. The van der Waals surface area contributed by atoms with Crippen LogP contribution in [0.15, 0.2) is 47.4 Å². The van der Waals surface area contributed by atoms with E-state index in [4.69, 9.17) is 0 Å². The summed E-state index contributed by atoms with van der Waals surface area (Å²) in [6.07, 6.45) is 0. The lowest BCUT2D eigenvalue weighted by Gasteiger charge is -2.13. The van der Waals surface area contributed by atoms with Gasteiger partial charge in [-0.25, -0.2) is 8.42 Å². The van der Waals surface area contributed by atoms with Gasteiger partial charge in [-0.05, 0) is 29.8 Å². The number of nitrogens with zero attached hydrogens (tertiary/aromatic N) is 2. The second kappa shape index (κ2) is 7.48. The number of anilines is 1. The third-order valence-electron chi connectivity index (χ3n) is 3.84. The maximum atomic E-state index is 12.4. The molecule has 2 amide bonds. The molecule has 2 aromatic rings. The zero-order chi connectivity index (χ0) is 20.5. The van der Waals surface area contributed by atoms with Crippen LogP contribution in [0.1, 0.15) is 5.56 Å². The van der Waals surface area contributed by atoms with Gasteiger partial charge in [0.25, 0.3) is 15.3 Å². The van der Waals surface area contributed by atoms with Gasteiger partial charge in [0.15, 0.2) is 5.75 Å². The van der Waals surface area contributed by atoms with Gasteiger partial charge in [0.05, 0.1) is 22.1 Å². The molecular formula is C16H13N3O7S2. The van der Waals surface area contributed by atoms with Gasteiger partial charge in [0.2, 0.25) is 5.91 Å². The van der Waals surface area contributed by atoms with E-state index in [9.17, 15) is 33.2 Å². The van der Waals surface area contributed by atoms with Gasteiger partial charge < -0.3 is 5.11 Å². The van der Waals surface area contributed by atoms with Crippen LogP contribution in [-0.4, -0.2) is 40.2 Å². The van der Waals surface area contributed by atoms with Crippen molar-refractivity contribution in [1.82, 2.24) is 4.90 Å². The summed E-state index contributed by atoms with van der Waals surface area (Å²) in [5, 5.41) is 20.0. The molecule has 28 heavy (non-hydrogen) atoms. The van der Waals surface area contributed by atoms with Crippen LogP contribution >= 0.6 is 11.8 Å². The fourth-order valence-corrected chi connectivity index (χ4v) is 4.23. The molecule has 0 atom stereocenters. The second-order valence-electron chi connectivity index (χ2n) is 5.74. The predicted octanol–water partition coefficient (Wildman–Crippen LogP) is 2.30. The zero-order valence-electron chi connectivity index (χ0n) is 14.1. The van der Waals surface area contributed by atoms with Crippen LogP contribution in [0, 0.1) is 10.1 Å². The summed E-state index contributed by atoms with van der Waals surface area (Å²) >= 11 is 0.926. The number of amides is 2. The summed E-state index contributed by atoms with van der Waals surface area (Å²) in [6.45, 7) is 0.0852. The van der Waals surface area contributed by atoms with Crippen LogP contribution in [0.5, 0.6) is 5.75 Å². The number of carbonyl (C=O) groups is 2. The van der Waals surface area contributed by atoms with Crippen LogP contribution in [-0.2, 0) is 21.4 Å². The highest BCUT2D eigenvalue weighted by Crippen LogP contribution is 2.29. The highest BCUT2D eigenvalue weighted by molar-refractivity contribution is 8.14. The Balaban J connectivity index is 1.76. The van der Waals surface area contributed by atoms with Crippen molar-refractivity contribution < 1.29 is 28.0 Å². The Kier molecular flexibility index (Phi) is 5.25. The number of imide groups is 1. The number of benzene rings is 2. The Labute approximate surface area is 163 Å². The molecule has 2 aromatic carbocycles. The van der Waals surface area contributed by atoms with Crippen LogP contribution < -0.4 is 4.72 Å². The first-order valence-corrected chi connectivity index (χ1v) is 10.2. The normalized spacial score (nSPS) is 14.4. The maximum absolute atomic E-state index is 12.4. The number of hydrogen-bond donors (Lipinski definition) is 2. The summed E-state index contributed by atoms with van der Waals surface area (Å²) in [5.41, 5.74) is 0.0939. The number of rotatable bonds is 6. The highest BCUT2D eigenvalue weighted by atomic mass is 32.2. The summed E-state index contributed by atoms with van der Waals surface area (Å²) in [7, 11) is -4.13. The van der Waals surface area contributed by atoms with Gasteiger partial charge in [-0.3, -0.25) is 29.3 Å². The van der Waals surface area contributed by atoms with E-state index in [-0.39, 0.29) is 34.0 Å². The van der Waals surface area contributed by atoms with E-state index in [1.54, 1.807) is 12.1 Å². The fourth-order valence-electron chi connectivity index (χ4n) is 2.43. The lowest BCUT2D eigenvalue weighted by Crippen LogP contribution is -2.27. The first kappa shape index (κ1) is 19.6. The molecule has 146 valence electrons. The predicted molar refractivity (Wildman–Crippen MR) is 100 cm³/mol. The summed E-state index contributed by atoms with van der Waals surface area (Å²) in [6, 6.07) is 8.73. The molecule has 10 nitrogen and oxygen atoms in total. The first-order valence-electron chi connectivity index (χ1n) is 7.73. The van der Waals surface area contributed by atoms with E-state index in [0.29, 0.717) is 5.56 Å². The molecule has 0 aliphatic carbocycles. The molecule has 1 heterocycles. The molecule has 0 unspecified atom stereocenters. The van der Waals surface area contributed by atoms with E-state index in [1.165, 1.54) is 12.1 Å². The minimum atomic E-state index is -4.13. The summed E-state index contributed by atoms with van der Waals surface area (Å²) < 4.78 is 27.1. The van der Waals surface area contributed by atoms with Crippen molar-refractivity contribution in [2.45, 2.75) is 11.4 Å². The van der Waals surface area contributed by atoms with Gasteiger partial charge in [-0.15, -0.1) is 0 Å². The van der Waals surface area contributed by atoms with Crippen molar-refractivity contribution in [3.8, 4) is 5.75 Å². The zero-order valence-corrected chi connectivity index (χ0v) is 15.7. The molecule has 12 heteroatoms. The van der Waals surface area contributed by atoms with E-state index >= 15 is 0 Å². The number of aromatic hydroxyl groups is 1. The van der Waals surface area contributed by atoms with E-state index in [0.717, 1.165) is 34.9 Å². The summed E-state index contributed by atoms with van der Waals surface area (Å²) in [5.74, 6) is -0.818. The van der Waals surface area contributed by atoms with Gasteiger partial charge >= 0.3 is 5.69 Å². The topological polar surface area (TPSA) is 147 Å². The Morgan fingerprint density at radius 3 is 2.43 bits per heavy atom. The quantitative estimate of drug-likeness (QED) is 0.531. The number of carbonyl (C=O) groups excluding carboxylic acids is 2. The Hall–Kier alpha value is -3.12. The molecular weight excluding hydrogens is 410 g/mol. The van der Waals surface area contributed by atoms with Crippen molar-refractivity contribution in [3.05, 3.63) is 58.1 Å². The standard InChI is InChI=1S/C16H13N3O7S2/c20-14-6-5-12(7-13(14)19(23)24)28(25,26)17-11-3-1-10(2-4-11)8-18-15(21)9-27-16(18)22/h1-7,17,20H,8-9H2. The Morgan fingerprint density at radius 2 is 1.86 bits per heavy atom. The molecule has 0 bridgehead atoms. The molecule has 2 N–H and O–H groups in total. The molecule has 1 fully saturated rings. The number of nitro groups is 1. The number of phenolic OH excluding ortho intramolecular Hbond substituents is 1. The van der Waals surface area contributed by atoms with Gasteiger partial charge in [-0.1, -0.05) is 23.9 Å². The number of sulfonamides is 1. The van der Waals surface area contributed by atoms with Crippen LogP contribution in [0.25, 0.3) is 0 Å². The highest BCUT2D eigenvalue weighted by Gasteiger charge is 2.29. The van der Waals surface area contributed by atoms with Crippen molar-refractivity contribution in [3.63, 3.8) is 0 Å². The number of hydrogen-bond acceptors (Lipinski definition) is 8. The van der Waals surface area contributed by atoms with Crippen LogP contribution in [0.4, 0.5) is 16.2 Å². The second-order valence-corrected chi connectivity index (χ2v) is 8.35. The molecule has 0 aromatic heterocycles. The molecule has 0 spiro atoms. The maximum Gasteiger partial charge on any atom is 0.312 e. The minimum absolute atomic E-state index is 0.0852.